The molecule has 0 aliphatic heterocycles. The Bertz CT molecular complexity index is 947. The van der Waals surface area contributed by atoms with E-state index in [9.17, 15) is 13.2 Å². The highest BCUT2D eigenvalue weighted by Gasteiger charge is 2.30. The molecule has 0 spiro atoms. The molecule has 9 heteroatoms. The molecule has 1 fully saturated rings. The number of carbonyl (C=O) groups excluding carboxylic acids is 1. The van der Waals surface area contributed by atoms with Crippen LogP contribution in [0.4, 0.5) is 0 Å². The fraction of sp³-hybridized carbons (Fsp3) is 0.450. The van der Waals surface area contributed by atoms with E-state index in [1.807, 2.05) is 0 Å². The van der Waals surface area contributed by atoms with Crippen molar-refractivity contribution < 1.29 is 17.6 Å². The lowest BCUT2D eigenvalue weighted by molar-refractivity contribution is -0.122. The summed E-state index contributed by atoms with van der Waals surface area (Å²) < 4.78 is 32.8. The number of carbonyl (C=O) groups is 1. The van der Waals surface area contributed by atoms with Gasteiger partial charge >= 0.3 is 0 Å². The summed E-state index contributed by atoms with van der Waals surface area (Å²) in [5, 5.41) is 3.39. The van der Waals surface area contributed by atoms with Gasteiger partial charge in [0.2, 0.25) is 15.9 Å². The molecule has 2 atom stereocenters. The van der Waals surface area contributed by atoms with Crippen LogP contribution in [0.5, 0.6) is 0 Å². The highest BCUT2D eigenvalue weighted by molar-refractivity contribution is 7.89. The van der Waals surface area contributed by atoms with Crippen LogP contribution in [-0.4, -0.2) is 31.2 Å². The third kappa shape index (κ3) is 5.54. The lowest BCUT2D eigenvalue weighted by Gasteiger charge is -2.30. The van der Waals surface area contributed by atoms with Crippen molar-refractivity contribution in [3.8, 4) is 0 Å². The minimum absolute atomic E-state index is 0.0303. The van der Waals surface area contributed by atoms with Gasteiger partial charge in [0.25, 0.3) is 0 Å². The van der Waals surface area contributed by atoms with Crippen molar-refractivity contribution >= 4 is 39.1 Å². The highest BCUT2D eigenvalue weighted by atomic mass is 35.5. The quantitative estimate of drug-likeness (QED) is 0.663. The van der Waals surface area contributed by atoms with Gasteiger partial charge < -0.3 is 9.73 Å². The molecule has 1 heterocycles. The van der Waals surface area contributed by atoms with E-state index in [0.29, 0.717) is 11.7 Å². The van der Waals surface area contributed by atoms with E-state index in [2.05, 4.69) is 12.2 Å². The summed E-state index contributed by atoms with van der Waals surface area (Å²) in [5.41, 5.74) is 0. The number of nitrogens with one attached hydrogen (secondary N) is 1. The number of halogens is 2. The van der Waals surface area contributed by atoms with Crippen molar-refractivity contribution in [3.05, 3.63) is 52.4 Å². The molecule has 0 saturated heterocycles. The Morgan fingerprint density at radius 2 is 1.97 bits per heavy atom. The first-order valence-electron chi connectivity index (χ1n) is 9.54. The minimum Gasteiger partial charge on any atom is -0.468 e. The Balaban J connectivity index is 1.81. The molecular weight excluding hydrogens is 435 g/mol. The standard InChI is InChI=1S/C20H24Cl2N2O4S/c1-14-5-2-3-7-19(14)23-20(25)13-24(12-15-6-4-10-28-15)29(26,27)16-8-9-17(21)18(22)11-16/h4,6,8-11,14,19H,2-3,5,7,12-13H2,1H3,(H,23,25)/t14-,19+/m0/s1. The van der Waals surface area contributed by atoms with Gasteiger partial charge in [-0.3, -0.25) is 4.79 Å². The Morgan fingerprint density at radius 1 is 1.21 bits per heavy atom. The van der Waals surface area contributed by atoms with E-state index in [0.717, 1.165) is 30.0 Å². The highest BCUT2D eigenvalue weighted by Crippen LogP contribution is 2.28. The van der Waals surface area contributed by atoms with Crippen molar-refractivity contribution in [1.82, 2.24) is 9.62 Å². The summed E-state index contributed by atoms with van der Waals surface area (Å²) in [6, 6.07) is 7.48. The molecule has 6 nitrogen and oxygen atoms in total. The topological polar surface area (TPSA) is 79.6 Å². The monoisotopic (exact) mass is 458 g/mol. The summed E-state index contributed by atoms with van der Waals surface area (Å²) >= 11 is 11.9. The fourth-order valence-corrected chi connectivity index (χ4v) is 5.28. The zero-order chi connectivity index (χ0) is 21.0. The molecular formula is C20H24Cl2N2O4S. The summed E-state index contributed by atoms with van der Waals surface area (Å²) in [6.07, 6.45) is 5.65. The Morgan fingerprint density at radius 3 is 2.62 bits per heavy atom. The second kappa shape index (κ2) is 9.51. The molecule has 0 radical (unpaired) electrons. The predicted octanol–water partition coefficient (Wildman–Crippen LogP) is 4.47. The first-order chi connectivity index (χ1) is 13.8. The van der Waals surface area contributed by atoms with Gasteiger partial charge in [-0.2, -0.15) is 4.31 Å². The Labute approximate surface area is 181 Å². The molecule has 0 bridgehead atoms. The second-order valence-electron chi connectivity index (χ2n) is 7.36. The van der Waals surface area contributed by atoms with Crippen molar-refractivity contribution in [2.24, 2.45) is 5.92 Å². The predicted molar refractivity (Wildman–Crippen MR) is 112 cm³/mol. The molecule has 1 aliphatic carbocycles. The number of nitrogens with zero attached hydrogens (tertiary/aromatic N) is 1. The van der Waals surface area contributed by atoms with E-state index in [1.165, 1.54) is 24.5 Å². The molecule has 1 amide bonds. The average molecular weight is 459 g/mol. The van der Waals surface area contributed by atoms with Crippen LogP contribution in [0.25, 0.3) is 0 Å². The third-order valence-electron chi connectivity index (χ3n) is 5.22. The molecule has 2 aromatic rings. The maximum absolute atomic E-state index is 13.2. The van der Waals surface area contributed by atoms with Crippen LogP contribution in [0.15, 0.2) is 45.9 Å². The first-order valence-corrected chi connectivity index (χ1v) is 11.7. The van der Waals surface area contributed by atoms with Crippen LogP contribution in [-0.2, 0) is 21.4 Å². The number of hydrogen-bond acceptors (Lipinski definition) is 4. The molecule has 158 valence electrons. The summed E-state index contributed by atoms with van der Waals surface area (Å²) in [6.45, 7) is 1.73. The van der Waals surface area contributed by atoms with Crippen molar-refractivity contribution in [2.75, 3.05) is 6.54 Å². The van der Waals surface area contributed by atoms with Crippen molar-refractivity contribution in [2.45, 2.75) is 50.1 Å². The zero-order valence-electron chi connectivity index (χ0n) is 16.1. The molecule has 1 aliphatic rings. The Hall–Kier alpha value is -1.54. The van der Waals surface area contributed by atoms with Gasteiger partial charge in [-0.25, -0.2) is 8.42 Å². The summed E-state index contributed by atoms with van der Waals surface area (Å²) in [7, 11) is -4.00. The maximum Gasteiger partial charge on any atom is 0.244 e. The number of benzene rings is 1. The van der Waals surface area contributed by atoms with Crippen LogP contribution in [0.2, 0.25) is 10.0 Å². The minimum atomic E-state index is -4.00. The van der Waals surface area contributed by atoms with Crippen molar-refractivity contribution in [3.63, 3.8) is 0 Å². The van der Waals surface area contributed by atoms with Crippen LogP contribution >= 0.6 is 23.2 Å². The zero-order valence-corrected chi connectivity index (χ0v) is 18.4. The number of amides is 1. The maximum atomic E-state index is 13.2. The van der Waals surface area contributed by atoms with Gasteiger partial charge in [0.05, 0.1) is 34.3 Å². The van der Waals surface area contributed by atoms with Crippen LogP contribution in [0.3, 0.4) is 0 Å². The molecule has 1 N–H and O–H groups in total. The van der Waals surface area contributed by atoms with E-state index < -0.39 is 10.0 Å². The van der Waals surface area contributed by atoms with Crippen LogP contribution < -0.4 is 5.32 Å². The number of hydrogen-bond donors (Lipinski definition) is 1. The number of rotatable bonds is 7. The van der Waals surface area contributed by atoms with Gasteiger partial charge in [-0.15, -0.1) is 0 Å². The van der Waals surface area contributed by atoms with E-state index in [4.69, 9.17) is 27.6 Å². The first kappa shape index (κ1) is 22.2. The van der Waals surface area contributed by atoms with Crippen LogP contribution in [0, 0.1) is 5.92 Å². The van der Waals surface area contributed by atoms with Gasteiger partial charge in [-0.1, -0.05) is 43.0 Å². The smallest absolute Gasteiger partial charge is 0.244 e. The molecule has 1 aromatic carbocycles. The summed E-state index contributed by atoms with van der Waals surface area (Å²) in [5.74, 6) is 0.476. The van der Waals surface area contributed by atoms with E-state index in [-0.39, 0.29) is 40.0 Å². The molecule has 3 rings (SSSR count). The normalized spacial score (nSPS) is 20.0. The lowest BCUT2D eigenvalue weighted by Crippen LogP contribution is -2.46. The van der Waals surface area contributed by atoms with Gasteiger partial charge in [0.15, 0.2) is 0 Å². The molecule has 1 saturated carbocycles. The second-order valence-corrected chi connectivity index (χ2v) is 10.1. The number of furan rings is 1. The van der Waals surface area contributed by atoms with E-state index in [1.54, 1.807) is 12.1 Å². The third-order valence-corrected chi connectivity index (χ3v) is 7.75. The summed E-state index contributed by atoms with van der Waals surface area (Å²) in [4.78, 5) is 12.7. The molecule has 29 heavy (non-hydrogen) atoms. The van der Waals surface area contributed by atoms with Gasteiger partial charge in [0.1, 0.15) is 5.76 Å². The molecule has 0 unspecified atom stereocenters. The van der Waals surface area contributed by atoms with Gasteiger partial charge in [0, 0.05) is 6.04 Å². The lowest BCUT2D eigenvalue weighted by atomic mass is 9.86. The van der Waals surface area contributed by atoms with Crippen LogP contribution in [0.1, 0.15) is 38.4 Å². The van der Waals surface area contributed by atoms with Crippen molar-refractivity contribution in [1.29, 1.82) is 0 Å². The van der Waals surface area contributed by atoms with E-state index >= 15 is 0 Å². The SMILES string of the molecule is C[C@H]1CCCC[C@H]1NC(=O)CN(Cc1ccco1)S(=O)(=O)c1ccc(Cl)c(Cl)c1. The number of sulfonamides is 1. The average Bonchev–Trinajstić information content (AvgIpc) is 3.18. The molecule has 1 aromatic heterocycles. The Kier molecular flexibility index (Phi) is 7.27. The van der Waals surface area contributed by atoms with Gasteiger partial charge in [-0.05, 0) is 49.1 Å². The fourth-order valence-electron chi connectivity index (χ4n) is 3.53. The largest absolute Gasteiger partial charge is 0.468 e.